The maximum Gasteiger partial charge on any atom is 0.310 e. The first-order valence-corrected chi connectivity index (χ1v) is 11.8. The van der Waals surface area contributed by atoms with Crippen LogP contribution in [0.1, 0.15) is 25.3 Å². The fourth-order valence-electron chi connectivity index (χ4n) is 3.04. The van der Waals surface area contributed by atoms with Crippen LogP contribution >= 0.6 is 0 Å². The molecule has 32 heavy (non-hydrogen) atoms. The van der Waals surface area contributed by atoms with Gasteiger partial charge in [-0.15, -0.1) is 0 Å². The number of carbonyl (C=O) groups excluding carboxylic acids is 1. The Morgan fingerprint density at radius 3 is 2.06 bits per heavy atom. The predicted molar refractivity (Wildman–Crippen MR) is 121 cm³/mol. The minimum Gasteiger partial charge on any atom is -0.497 e. The van der Waals surface area contributed by atoms with Crippen molar-refractivity contribution in [2.75, 3.05) is 13.7 Å². The Morgan fingerprint density at radius 2 is 1.44 bits per heavy atom. The Hall–Kier alpha value is -3.32. The number of esters is 1. The van der Waals surface area contributed by atoms with Crippen molar-refractivity contribution in [2.24, 2.45) is 0 Å². The van der Waals surface area contributed by atoms with Gasteiger partial charge in [0.1, 0.15) is 17.2 Å². The van der Waals surface area contributed by atoms with Crippen molar-refractivity contribution < 1.29 is 27.4 Å². The van der Waals surface area contributed by atoms with E-state index in [-0.39, 0.29) is 16.2 Å². The van der Waals surface area contributed by atoms with E-state index in [0.29, 0.717) is 29.4 Å². The molecule has 0 unspecified atom stereocenters. The molecule has 0 saturated heterocycles. The van der Waals surface area contributed by atoms with E-state index in [1.54, 1.807) is 61.7 Å². The van der Waals surface area contributed by atoms with Crippen LogP contribution in [0.4, 0.5) is 0 Å². The van der Waals surface area contributed by atoms with Gasteiger partial charge in [-0.05, 0) is 66.6 Å². The first-order chi connectivity index (χ1) is 15.4. The first kappa shape index (κ1) is 23.3. The van der Waals surface area contributed by atoms with Gasteiger partial charge in [0.15, 0.2) is 0 Å². The number of methoxy groups -OCH3 is 1. The summed E-state index contributed by atoms with van der Waals surface area (Å²) in [7, 11) is -2.23. The second kappa shape index (κ2) is 10.8. The highest BCUT2D eigenvalue weighted by Gasteiger charge is 2.22. The Labute approximate surface area is 188 Å². The number of sulfone groups is 1. The minimum atomic E-state index is -3.82. The van der Waals surface area contributed by atoms with Crippen molar-refractivity contribution >= 4 is 15.8 Å². The van der Waals surface area contributed by atoms with Crippen LogP contribution in [0.3, 0.4) is 0 Å². The number of unbranched alkanes of at least 4 members (excludes halogenated alkanes) is 1. The molecule has 0 bridgehead atoms. The zero-order valence-corrected chi connectivity index (χ0v) is 18.9. The smallest absolute Gasteiger partial charge is 0.310 e. The fraction of sp³-hybridized carbons (Fsp3) is 0.240. The summed E-state index contributed by atoms with van der Waals surface area (Å²) >= 11 is 0. The number of carbonyl (C=O) groups is 1. The average molecular weight is 455 g/mol. The van der Waals surface area contributed by atoms with Crippen LogP contribution in [0.15, 0.2) is 82.6 Å². The second-order valence-electron chi connectivity index (χ2n) is 7.11. The summed E-state index contributed by atoms with van der Waals surface area (Å²) < 4.78 is 42.5. The predicted octanol–water partition coefficient (Wildman–Crippen LogP) is 5.21. The SMILES string of the molecule is CCCCOC(=O)Cc1ccccc1S(=O)(=O)c1ccc(Oc2ccc(OC)cc2)cc1. The molecule has 0 fully saturated rings. The van der Waals surface area contributed by atoms with Gasteiger partial charge in [0.05, 0.1) is 29.9 Å². The molecule has 0 N–H and O–H groups in total. The van der Waals surface area contributed by atoms with E-state index in [1.807, 2.05) is 6.92 Å². The summed E-state index contributed by atoms with van der Waals surface area (Å²) in [6, 6.07) is 19.7. The van der Waals surface area contributed by atoms with Crippen molar-refractivity contribution in [1.29, 1.82) is 0 Å². The van der Waals surface area contributed by atoms with E-state index in [0.717, 1.165) is 12.8 Å². The van der Waals surface area contributed by atoms with Crippen LogP contribution in [-0.4, -0.2) is 28.1 Å². The minimum absolute atomic E-state index is 0.0938. The van der Waals surface area contributed by atoms with Crippen molar-refractivity contribution in [3.63, 3.8) is 0 Å². The summed E-state index contributed by atoms with van der Waals surface area (Å²) in [4.78, 5) is 12.3. The Balaban J connectivity index is 1.77. The molecular weight excluding hydrogens is 428 g/mol. The Morgan fingerprint density at radius 1 is 0.844 bits per heavy atom. The molecule has 3 aromatic carbocycles. The normalized spacial score (nSPS) is 11.1. The van der Waals surface area contributed by atoms with Crippen LogP contribution in [0.5, 0.6) is 17.2 Å². The number of benzene rings is 3. The molecule has 3 rings (SSSR count). The average Bonchev–Trinajstić information content (AvgIpc) is 2.80. The molecule has 3 aromatic rings. The topological polar surface area (TPSA) is 78.9 Å². The second-order valence-corrected chi connectivity index (χ2v) is 9.03. The molecule has 168 valence electrons. The maximum atomic E-state index is 13.2. The Kier molecular flexibility index (Phi) is 7.89. The monoisotopic (exact) mass is 454 g/mol. The molecule has 0 aliphatic carbocycles. The van der Waals surface area contributed by atoms with Crippen molar-refractivity contribution in [2.45, 2.75) is 36.0 Å². The van der Waals surface area contributed by atoms with Gasteiger partial charge in [0.2, 0.25) is 9.84 Å². The van der Waals surface area contributed by atoms with Crippen LogP contribution in [0, 0.1) is 0 Å². The van der Waals surface area contributed by atoms with E-state index in [9.17, 15) is 13.2 Å². The van der Waals surface area contributed by atoms with E-state index >= 15 is 0 Å². The number of rotatable bonds is 10. The first-order valence-electron chi connectivity index (χ1n) is 10.3. The molecule has 0 aliphatic rings. The summed E-state index contributed by atoms with van der Waals surface area (Å²) in [5.74, 6) is 1.38. The highest BCUT2D eigenvalue weighted by molar-refractivity contribution is 7.91. The third kappa shape index (κ3) is 5.88. The zero-order valence-electron chi connectivity index (χ0n) is 18.1. The third-order valence-corrected chi connectivity index (χ3v) is 6.66. The van der Waals surface area contributed by atoms with Gasteiger partial charge >= 0.3 is 5.97 Å². The lowest BCUT2D eigenvalue weighted by Gasteiger charge is -2.12. The van der Waals surface area contributed by atoms with Gasteiger partial charge < -0.3 is 14.2 Å². The summed E-state index contributed by atoms with van der Waals surface area (Å²) in [5.41, 5.74) is 0.410. The third-order valence-electron chi connectivity index (χ3n) is 4.79. The van der Waals surface area contributed by atoms with Gasteiger partial charge in [-0.1, -0.05) is 31.5 Å². The van der Waals surface area contributed by atoms with Gasteiger partial charge in [0.25, 0.3) is 0 Å². The molecular formula is C25H26O6S. The van der Waals surface area contributed by atoms with Crippen LogP contribution in [0.25, 0.3) is 0 Å². The fourth-order valence-corrected chi connectivity index (χ4v) is 4.53. The molecule has 0 heterocycles. The summed E-state index contributed by atoms with van der Waals surface area (Å²) in [6.07, 6.45) is 1.59. The standard InChI is InChI=1S/C25H26O6S/c1-3-4-17-30-25(26)18-19-7-5-6-8-24(19)32(27,28)23-15-13-22(14-16-23)31-21-11-9-20(29-2)10-12-21/h5-16H,3-4,17-18H2,1-2H3. The summed E-state index contributed by atoms with van der Waals surface area (Å²) in [5, 5.41) is 0. The molecule has 0 radical (unpaired) electrons. The highest BCUT2D eigenvalue weighted by atomic mass is 32.2. The lowest BCUT2D eigenvalue weighted by Crippen LogP contribution is -2.12. The van der Waals surface area contributed by atoms with E-state index in [4.69, 9.17) is 14.2 Å². The molecule has 0 aromatic heterocycles. The van der Waals surface area contributed by atoms with Gasteiger partial charge in [-0.3, -0.25) is 4.79 Å². The lowest BCUT2D eigenvalue weighted by molar-refractivity contribution is -0.142. The molecule has 6 nitrogen and oxygen atoms in total. The van der Waals surface area contributed by atoms with Crippen molar-refractivity contribution in [3.05, 3.63) is 78.4 Å². The van der Waals surface area contributed by atoms with Gasteiger partial charge in [-0.25, -0.2) is 8.42 Å². The molecule has 0 spiro atoms. The Bertz CT molecular complexity index is 1140. The molecule has 7 heteroatoms. The van der Waals surface area contributed by atoms with E-state index in [2.05, 4.69) is 0 Å². The molecule has 0 amide bonds. The van der Waals surface area contributed by atoms with Crippen LogP contribution in [0.2, 0.25) is 0 Å². The molecule has 0 aliphatic heterocycles. The number of hydrogen-bond acceptors (Lipinski definition) is 6. The zero-order chi connectivity index (χ0) is 23.0. The number of hydrogen-bond donors (Lipinski definition) is 0. The van der Waals surface area contributed by atoms with E-state index in [1.165, 1.54) is 18.2 Å². The molecule has 0 saturated carbocycles. The highest BCUT2D eigenvalue weighted by Crippen LogP contribution is 2.28. The summed E-state index contributed by atoms with van der Waals surface area (Å²) in [6.45, 7) is 2.34. The van der Waals surface area contributed by atoms with Crippen LogP contribution in [-0.2, 0) is 25.8 Å². The van der Waals surface area contributed by atoms with Gasteiger partial charge in [-0.2, -0.15) is 0 Å². The molecule has 0 atom stereocenters. The van der Waals surface area contributed by atoms with Crippen molar-refractivity contribution in [1.82, 2.24) is 0 Å². The maximum absolute atomic E-state index is 13.2. The van der Waals surface area contributed by atoms with E-state index < -0.39 is 15.8 Å². The number of ether oxygens (including phenoxy) is 3. The quantitative estimate of drug-likeness (QED) is 0.309. The van der Waals surface area contributed by atoms with Crippen molar-refractivity contribution in [3.8, 4) is 17.2 Å². The van der Waals surface area contributed by atoms with Gasteiger partial charge in [0, 0.05) is 0 Å². The van der Waals surface area contributed by atoms with Crippen LogP contribution < -0.4 is 9.47 Å². The lowest BCUT2D eigenvalue weighted by atomic mass is 10.1. The largest absolute Gasteiger partial charge is 0.497 e.